The fourth-order valence-electron chi connectivity index (χ4n) is 2.94. The van der Waals surface area contributed by atoms with Gasteiger partial charge in [-0.3, -0.25) is 4.98 Å². The standard InChI is InChI=1S/C15H19N3O/c16-13-6-7-14(12-5-3-8-17-15(12)13)18-9-2-1-4-11(18)10-19/h3,5-8,11,19H,1-2,4,9-10,16H2. The molecule has 1 unspecified atom stereocenters. The van der Waals surface area contributed by atoms with Crippen molar-refractivity contribution in [3.63, 3.8) is 0 Å². The Labute approximate surface area is 112 Å². The van der Waals surface area contributed by atoms with Crippen molar-refractivity contribution in [1.82, 2.24) is 4.98 Å². The maximum absolute atomic E-state index is 9.57. The molecule has 100 valence electrons. The maximum atomic E-state index is 9.57. The third kappa shape index (κ3) is 2.12. The average Bonchev–Trinajstić information content (AvgIpc) is 2.48. The van der Waals surface area contributed by atoms with Gasteiger partial charge in [-0.2, -0.15) is 0 Å². The van der Waals surface area contributed by atoms with E-state index in [4.69, 9.17) is 5.73 Å². The summed E-state index contributed by atoms with van der Waals surface area (Å²) in [5.74, 6) is 0. The van der Waals surface area contributed by atoms with Crippen LogP contribution in [-0.4, -0.2) is 29.3 Å². The van der Waals surface area contributed by atoms with Crippen LogP contribution < -0.4 is 10.6 Å². The van der Waals surface area contributed by atoms with Gasteiger partial charge in [0.1, 0.15) is 0 Å². The number of hydrogen-bond acceptors (Lipinski definition) is 4. The molecule has 2 heterocycles. The number of piperidine rings is 1. The summed E-state index contributed by atoms with van der Waals surface area (Å²) in [6, 6.07) is 8.15. The van der Waals surface area contributed by atoms with E-state index in [1.165, 1.54) is 12.8 Å². The van der Waals surface area contributed by atoms with E-state index in [-0.39, 0.29) is 12.6 Å². The van der Waals surface area contributed by atoms with Crippen molar-refractivity contribution < 1.29 is 5.11 Å². The molecule has 4 heteroatoms. The van der Waals surface area contributed by atoms with E-state index in [0.29, 0.717) is 5.69 Å². The van der Waals surface area contributed by atoms with Crippen LogP contribution in [0.5, 0.6) is 0 Å². The van der Waals surface area contributed by atoms with Crippen molar-refractivity contribution in [2.75, 3.05) is 23.8 Å². The molecule has 0 bridgehead atoms. The largest absolute Gasteiger partial charge is 0.397 e. The smallest absolute Gasteiger partial charge is 0.0951 e. The first-order chi connectivity index (χ1) is 9.31. The Morgan fingerprint density at radius 3 is 3.05 bits per heavy atom. The minimum atomic E-state index is 0.201. The molecule has 1 saturated heterocycles. The highest BCUT2D eigenvalue weighted by Gasteiger charge is 2.23. The SMILES string of the molecule is Nc1ccc(N2CCCCC2CO)c2cccnc12. The van der Waals surface area contributed by atoms with E-state index < -0.39 is 0 Å². The van der Waals surface area contributed by atoms with E-state index >= 15 is 0 Å². The lowest BCUT2D eigenvalue weighted by atomic mass is 10.0. The molecule has 3 rings (SSSR count). The first-order valence-electron chi connectivity index (χ1n) is 6.82. The van der Waals surface area contributed by atoms with E-state index in [1.807, 2.05) is 18.2 Å². The highest BCUT2D eigenvalue weighted by atomic mass is 16.3. The van der Waals surface area contributed by atoms with Gasteiger partial charge in [0.15, 0.2) is 0 Å². The van der Waals surface area contributed by atoms with Gasteiger partial charge in [-0.05, 0) is 43.5 Å². The number of fused-ring (bicyclic) bond motifs is 1. The molecule has 1 aliphatic rings. The zero-order valence-corrected chi connectivity index (χ0v) is 10.9. The van der Waals surface area contributed by atoms with E-state index in [1.54, 1.807) is 6.20 Å². The van der Waals surface area contributed by atoms with Crippen LogP contribution >= 0.6 is 0 Å². The molecule has 2 aromatic rings. The van der Waals surface area contributed by atoms with Gasteiger partial charge < -0.3 is 15.7 Å². The Bertz CT molecular complexity index is 585. The Hall–Kier alpha value is -1.81. The summed E-state index contributed by atoms with van der Waals surface area (Å²) >= 11 is 0. The number of nitrogens with two attached hydrogens (primary N) is 1. The van der Waals surface area contributed by atoms with Crippen LogP contribution in [0.15, 0.2) is 30.5 Å². The number of pyridine rings is 1. The topological polar surface area (TPSA) is 62.4 Å². The molecule has 0 amide bonds. The lowest BCUT2D eigenvalue weighted by Gasteiger charge is -2.37. The number of aliphatic hydroxyl groups is 1. The lowest BCUT2D eigenvalue weighted by Crippen LogP contribution is -2.42. The van der Waals surface area contributed by atoms with Crippen molar-refractivity contribution in [2.45, 2.75) is 25.3 Å². The van der Waals surface area contributed by atoms with Crippen LogP contribution in [0.1, 0.15) is 19.3 Å². The molecule has 0 spiro atoms. The fraction of sp³-hybridized carbons (Fsp3) is 0.400. The first kappa shape index (κ1) is 12.2. The Morgan fingerprint density at radius 1 is 1.32 bits per heavy atom. The van der Waals surface area contributed by atoms with Gasteiger partial charge in [0.05, 0.1) is 23.9 Å². The molecule has 1 atom stereocenters. The molecule has 1 fully saturated rings. The Morgan fingerprint density at radius 2 is 2.21 bits per heavy atom. The molecule has 1 aromatic carbocycles. The Balaban J connectivity index is 2.11. The summed E-state index contributed by atoms with van der Waals surface area (Å²) in [6.45, 7) is 1.19. The summed E-state index contributed by atoms with van der Waals surface area (Å²) in [6.07, 6.45) is 5.17. The number of aromatic nitrogens is 1. The molecule has 19 heavy (non-hydrogen) atoms. The normalized spacial score (nSPS) is 19.8. The van der Waals surface area contributed by atoms with Gasteiger partial charge in [-0.15, -0.1) is 0 Å². The van der Waals surface area contributed by atoms with Crippen LogP contribution in [0, 0.1) is 0 Å². The molecule has 0 radical (unpaired) electrons. The quantitative estimate of drug-likeness (QED) is 0.809. The van der Waals surface area contributed by atoms with E-state index in [0.717, 1.165) is 29.6 Å². The molecular weight excluding hydrogens is 238 g/mol. The molecule has 3 N–H and O–H groups in total. The number of nitrogen functional groups attached to an aromatic ring is 1. The molecule has 4 nitrogen and oxygen atoms in total. The third-order valence-corrected chi connectivity index (χ3v) is 3.93. The fourth-order valence-corrected chi connectivity index (χ4v) is 2.94. The van der Waals surface area contributed by atoms with E-state index in [9.17, 15) is 5.11 Å². The van der Waals surface area contributed by atoms with Crippen molar-refractivity contribution >= 4 is 22.3 Å². The molecule has 1 aromatic heterocycles. The zero-order chi connectivity index (χ0) is 13.2. The van der Waals surface area contributed by atoms with Crippen molar-refractivity contribution in [3.8, 4) is 0 Å². The number of nitrogens with zero attached hydrogens (tertiary/aromatic N) is 2. The van der Waals surface area contributed by atoms with Crippen LogP contribution in [0.2, 0.25) is 0 Å². The van der Waals surface area contributed by atoms with Gasteiger partial charge in [0.2, 0.25) is 0 Å². The van der Waals surface area contributed by atoms with Crippen LogP contribution in [-0.2, 0) is 0 Å². The number of hydrogen-bond donors (Lipinski definition) is 2. The monoisotopic (exact) mass is 257 g/mol. The summed E-state index contributed by atoms with van der Waals surface area (Å²) < 4.78 is 0. The van der Waals surface area contributed by atoms with Gasteiger partial charge >= 0.3 is 0 Å². The molecule has 0 aliphatic carbocycles. The number of rotatable bonds is 2. The summed E-state index contributed by atoms with van der Waals surface area (Å²) in [4.78, 5) is 6.67. The summed E-state index contributed by atoms with van der Waals surface area (Å²) in [7, 11) is 0. The third-order valence-electron chi connectivity index (χ3n) is 3.93. The second-order valence-electron chi connectivity index (χ2n) is 5.10. The first-order valence-corrected chi connectivity index (χ1v) is 6.82. The maximum Gasteiger partial charge on any atom is 0.0951 e. The predicted octanol–water partition coefficient (Wildman–Crippen LogP) is 2.17. The van der Waals surface area contributed by atoms with Gasteiger partial charge in [0, 0.05) is 23.8 Å². The van der Waals surface area contributed by atoms with Crippen molar-refractivity contribution in [3.05, 3.63) is 30.5 Å². The minimum absolute atomic E-state index is 0.201. The summed E-state index contributed by atoms with van der Waals surface area (Å²) in [5, 5.41) is 10.6. The van der Waals surface area contributed by atoms with Gasteiger partial charge in [-0.1, -0.05) is 0 Å². The second kappa shape index (κ2) is 5.05. The second-order valence-corrected chi connectivity index (χ2v) is 5.10. The minimum Gasteiger partial charge on any atom is -0.397 e. The number of anilines is 2. The highest BCUT2D eigenvalue weighted by molar-refractivity contribution is 5.98. The zero-order valence-electron chi connectivity index (χ0n) is 10.9. The van der Waals surface area contributed by atoms with E-state index in [2.05, 4.69) is 16.0 Å². The van der Waals surface area contributed by atoms with Gasteiger partial charge in [0.25, 0.3) is 0 Å². The highest BCUT2D eigenvalue weighted by Crippen LogP contribution is 2.33. The van der Waals surface area contributed by atoms with Gasteiger partial charge in [-0.25, -0.2) is 0 Å². The molecule has 1 aliphatic heterocycles. The van der Waals surface area contributed by atoms with Crippen LogP contribution in [0.4, 0.5) is 11.4 Å². The van der Waals surface area contributed by atoms with Crippen molar-refractivity contribution in [2.24, 2.45) is 0 Å². The number of aliphatic hydroxyl groups excluding tert-OH is 1. The lowest BCUT2D eigenvalue weighted by molar-refractivity contribution is 0.240. The van der Waals surface area contributed by atoms with Crippen LogP contribution in [0.25, 0.3) is 10.9 Å². The predicted molar refractivity (Wildman–Crippen MR) is 78.2 cm³/mol. The number of benzene rings is 1. The molecule has 0 saturated carbocycles. The average molecular weight is 257 g/mol. The van der Waals surface area contributed by atoms with Crippen LogP contribution in [0.3, 0.4) is 0 Å². The van der Waals surface area contributed by atoms with Crippen molar-refractivity contribution in [1.29, 1.82) is 0 Å². The summed E-state index contributed by atoms with van der Waals surface area (Å²) in [5.41, 5.74) is 8.68. The Kier molecular flexibility index (Phi) is 3.25. The molecular formula is C15H19N3O.